The van der Waals surface area contributed by atoms with Gasteiger partial charge in [0.05, 0.1) is 0 Å². The van der Waals surface area contributed by atoms with Gasteiger partial charge in [0.15, 0.2) is 0 Å². The molecule has 1 nitrogen and oxygen atoms in total. The maximum Gasteiger partial charge on any atom is 0.126 e. The van der Waals surface area contributed by atoms with Crippen LogP contribution in [-0.4, -0.2) is 5.60 Å². The van der Waals surface area contributed by atoms with Crippen molar-refractivity contribution in [1.29, 1.82) is 0 Å². The lowest BCUT2D eigenvalue weighted by molar-refractivity contribution is 0.126. The number of hydrogen-bond donors (Lipinski definition) is 0. The van der Waals surface area contributed by atoms with Crippen LogP contribution < -0.4 is 4.74 Å². The molecule has 0 saturated carbocycles. The van der Waals surface area contributed by atoms with Crippen molar-refractivity contribution in [2.24, 2.45) is 16.7 Å². The predicted molar refractivity (Wildman–Crippen MR) is 112 cm³/mol. The van der Waals surface area contributed by atoms with Crippen molar-refractivity contribution in [2.45, 2.75) is 101 Å². The van der Waals surface area contributed by atoms with Crippen LogP contribution in [0.3, 0.4) is 0 Å². The molecule has 0 N–H and O–H groups in total. The third-order valence-electron chi connectivity index (χ3n) is 3.80. The molecule has 0 aliphatic rings. The van der Waals surface area contributed by atoms with Gasteiger partial charge in [-0.1, -0.05) is 67.5 Å². The van der Waals surface area contributed by atoms with E-state index in [2.05, 4.69) is 88.3 Å². The Morgan fingerprint density at radius 2 is 1.16 bits per heavy atom. The van der Waals surface area contributed by atoms with Gasteiger partial charge in [0.1, 0.15) is 11.4 Å². The van der Waals surface area contributed by atoms with Crippen LogP contribution in [0.25, 0.3) is 0 Å². The number of ether oxygens (including phenoxy) is 1. The minimum Gasteiger partial charge on any atom is -0.488 e. The summed E-state index contributed by atoms with van der Waals surface area (Å²) < 4.78 is 6.52. The van der Waals surface area contributed by atoms with E-state index in [1.165, 1.54) is 16.7 Å². The molecule has 0 fully saturated rings. The Balaban J connectivity index is 3.52. The van der Waals surface area contributed by atoms with Crippen LogP contribution >= 0.6 is 0 Å². The van der Waals surface area contributed by atoms with Gasteiger partial charge in [0.25, 0.3) is 0 Å². The van der Waals surface area contributed by atoms with E-state index in [4.69, 9.17) is 4.74 Å². The Labute approximate surface area is 157 Å². The van der Waals surface area contributed by atoms with Crippen LogP contribution in [0.4, 0.5) is 0 Å². The first kappa shape index (κ1) is 22.1. The van der Waals surface area contributed by atoms with Gasteiger partial charge in [-0.05, 0) is 73.5 Å². The monoisotopic (exact) mass is 346 g/mol. The fraction of sp³-hybridized carbons (Fsp3) is 0.750. The van der Waals surface area contributed by atoms with Gasteiger partial charge in [-0.2, -0.15) is 0 Å². The maximum absolute atomic E-state index is 6.52. The van der Waals surface area contributed by atoms with Crippen molar-refractivity contribution in [3.05, 3.63) is 28.8 Å². The molecule has 0 aliphatic carbocycles. The molecular weight excluding hydrogens is 304 g/mol. The molecule has 0 aliphatic heterocycles. The third kappa shape index (κ3) is 8.79. The molecule has 0 radical (unpaired) electrons. The highest BCUT2D eigenvalue weighted by Crippen LogP contribution is 2.37. The second kappa shape index (κ2) is 7.72. The molecule has 0 amide bonds. The second-order valence-corrected chi connectivity index (χ2v) is 11.5. The van der Waals surface area contributed by atoms with Crippen molar-refractivity contribution in [3.63, 3.8) is 0 Å². The zero-order valence-corrected chi connectivity index (χ0v) is 18.8. The molecular formula is C24H42O. The minimum atomic E-state index is -0.182. The molecule has 0 saturated heterocycles. The summed E-state index contributed by atoms with van der Waals surface area (Å²) in [7, 11) is 0. The summed E-state index contributed by atoms with van der Waals surface area (Å²) in [6.45, 7) is 24.9. The highest BCUT2D eigenvalue weighted by molar-refractivity contribution is 5.46. The van der Waals surface area contributed by atoms with E-state index in [-0.39, 0.29) is 16.4 Å². The van der Waals surface area contributed by atoms with Crippen molar-refractivity contribution in [1.82, 2.24) is 0 Å². The van der Waals surface area contributed by atoms with Crippen LogP contribution in [0.2, 0.25) is 0 Å². The quantitative estimate of drug-likeness (QED) is 0.546. The summed E-state index contributed by atoms with van der Waals surface area (Å²) in [5.74, 6) is 1.80. The average molecular weight is 347 g/mol. The normalized spacial score (nSPS) is 13.4. The van der Waals surface area contributed by atoms with Crippen LogP contribution in [0.5, 0.6) is 5.75 Å². The first-order chi connectivity index (χ1) is 11.1. The third-order valence-corrected chi connectivity index (χ3v) is 3.80. The zero-order chi connectivity index (χ0) is 19.6. The van der Waals surface area contributed by atoms with Gasteiger partial charge in [0, 0.05) is 0 Å². The van der Waals surface area contributed by atoms with Gasteiger partial charge in [-0.15, -0.1) is 0 Å². The molecule has 1 heteroatoms. The molecule has 25 heavy (non-hydrogen) atoms. The largest absolute Gasteiger partial charge is 0.488 e. The van der Waals surface area contributed by atoms with E-state index in [1.807, 2.05) is 0 Å². The Morgan fingerprint density at radius 1 is 0.760 bits per heavy atom. The molecule has 0 bridgehead atoms. The van der Waals surface area contributed by atoms with Crippen LogP contribution in [0, 0.1) is 16.7 Å². The van der Waals surface area contributed by atoms with Crippen molar-refractivity contribution >= 4 is 0 Å². The van der Waals surface area contributed by atoms with Gasteiger partial charge in [-0.3, -0.25) is 0 Å². The molecule has 1 aromatic carbocycles. The van der Waals surface area contributed by atoms with Gasteiger partial charge in [0.2, 0.25) is 0 Å². The molecule has 1 rings (SSSR count). The average Bonchev–Trinajstić information content (AvgIpc) is 2.27. The van der Waals surface area contributed by atoms with Gasteiger partial charge >= 0.3 is 0 Å². The van der Waals surface area contributed by atoms with Crippen molar-refractivity contribution < 1.29 is 4.74 Å². The molecule has 0 atom stereocenters. The topological polar surface area (TPSA) is 9.23 Å². The maximum atomic E-state index is 6.52. The predicted octanol–water partition coefficient (Wildman–Crippen LogP) is 7.24. The van der Waals surface area contributed by atoms with E-state index < -0.39 is 0 Å². The van der Waals surface area contributed by atoms with E-state index in [1.54, 1.807) is 0 Å². The van der Waals surface area contributed by atoms with Gasteiger partial charge < -0.3 is 4.74 Å². The molecule has 0 aromatic heterocycles. The summed E-state index contributed by atoms with van der Waals surface area (Å²) in [6, 6.07) is 4.80. The van der Waals surface area contributed by atoms with E-state index >= 15 is 0 Å². The van der Waals surface area contributed by atoms with Crippen LogP contribution in [-0.2, 0) is 19.3 Å². The highest BCUT2D eigenvalue weighted by Gasteiger charge is 2.25. The first-order valence-corrected chi connectivity index (χ1v) is 9.89. The highest BCUT2D eigenvalue weighted by atomic mass is 16.5. The molecule has 1 aromatic rings. The molecule has 0 unspecified atom stereocenters. The van der Waals surface area contributed by atoms with Crippen LogP contribution in [0.15, 0.2) is 12.1 Å². The van der Waals surface area contributed by atoms with Gasteiger partial charge in [-0.25, -0.2) is 0 Å². The minimum absolute atomic E-state index is 0.182. The number of hydrogen-bond acceptors (Lipinski definition) is 1. The molecule has 0 heterocycles. The Morgan fingerprint density at radius 3 is 1.44 bits per heavy atom. The Kier molecular flexibility index (Phi) is 6.81. The zero-order valence-electron chi connectivity index (χ0n) is 18.8. The van der Waals surface area contributed by atoms with Crippen molar-refractivity contribution in [2.75, 3.05) is 0 Å². The fourth-order valence-corrected chi connectivity index (χ4v) is 3.26. The lowest BCUT2D eigenvalue weighted by Crippen LogP contribution is -2.26. The van der Waals surface area contributed by atoms with Crippen molar-refractivity contribution in [3.8, 4) is 5.75 Å². The standard InChI is InChI=1S/C24H42O/c1-17(2)12-18-13-19(15-22(3,4)5)21(25-24(9,10)11)20(14-18)16-23(6,7)8/h13-14,17H,12,15-16H2,1-11H3. The van der Waals surface area contributed by atoms with E-state index in [0.717, 1.165) is 25.0 Å². The second-order valence-electron chi connectivity index (χ2n) is 11.5. The SMILES string of the molecule is CC(C)Cc1cc(CC(C)(C)C)c(OC(C)(C)C)c(CC(C)(C)C)c1. The first-order valence-electron chi connectivity index (χ1n) is 9.89. The number of rotatable bonds is 5. The molecule has 0 spiro atoms. The van der Waals surface area contributed by atoms with E-state index in [9.17, 15) is 0 Å². The lowest BCUT2D eigenvalue weighted by Gasteiger charge is -2.30. The Hall–Kier alpha value is -0.980. The Bertz CT molecular complexity index is 522. The fourth-order valence-electron chi connectivity index (χ4n) is 3.26. The van der Waals surface area contributed by atoms with Crippen LogP contribution in [0.1, 0.15) is 92.9 Å². The smallest absolute Gasteiger partial charge is 0.126 e. The summed E-state index contributed by atoms with van der Waals surface area (Å²) in [4.78, 5) is 0. The van der Waals surface area contributed by atoms with E-state index in [0.29, 0.717) is 5.92 Å². The lowest BCUT2D eigenvalue weighted by atomic mass is 9.82. The summed E-state index contributed by atoms with van der Waals surface area (Å²) >= 11 is 0. The summed E-state index contributed by atoms with van der Waals surface area (Å²) in [6.07, 6.45) is 3.22. The molecule has 144 valence electrons. The summed E-state index contributed by atoms with van der Waals surface area (Å²) in [5, 5.41) is 0. The number of benzene rings is 1. The summed E-state index contributed by atoms with van der Waals surface area (Å²) in [5.41, 5.74) is 4.50.